The van der Waals surface area contributed by atoms with Crippen molar-refractivity contribution in [3.05, 3.63) is 6.54 Å². The van der Waals surface area contributed by atoms with E-state index in [1.54, 1.807) is 7.05 Å². The first kappa shape index (κ1) is 8.76. The highest BCUT2D eigenvalue weighted by Gasteiger charge is 2.36. The first-order valence-electron chi connectivity index (χ1n) is 3.03. The SMILES string of the molecule is CN1[CH]C(OC(F)(F)F)CN1. The summed E-state index contributed by atoms with van der Waals surface area (Å²) in [4.78, 5) is 0. The highest BCUT2D eigenvalue weighted by atomic mass is 19.4. The van der Waals surface area contributed by atoms with Gasteiger partial charge in [-0.15, -0.1) is 13.2 Å². The highest BCUT2D eigenvalue weighted by molar-refractivity contribution is 4.82. The molecule has 0 spiro atoms. The molecular formula is C5H8F3N2O. The molecule has 1 fully saturated rings. The normalized spacial score (nSPS) is 27.8. The third kappa shape index (κ3) is 3.04. The van der Waals surface area contributed by atoms with Crippen molar-refractivity contribution in [2.75, 3.05) is 13.6 Å². The van der Waals surface area contributed by atoms with E-state index in [9.17, 15) is 13.2 Å². The minimum absolute atomic E-state index is 0.163. The molecule has 1 aliphatic rings. The van der Waals surface area contributed by atoms with Gasteiger partial charge in [-0.1, -0.05) is 0 Å². The largest absolute Gasteiger partial charge is 0.522 e. The van der Waals surface area contributed by atoms with Crippen molar-refractivity contribution >= 4 is 0 Å². The third-order valence-corrected chi connectivity index (χ3v) is 1.22. The highest BCUT2D eigenvalue weighted by Crippen LogP contribution is 2.21. The summed E-state index contributed by atoms with van der Waals surface area (Å²) < 4.78 is 38.3. The van der Waals surface area contributed by atoms with Gasteiger partial charge < -0.3 is 0 Å². The van der Waals surface area contributed by atoms with Crippen LogP contribution >= 0.6 is 0 Å². The van der Waals surface area contributed by atoms with Gasteiger partial charge in [-0.3, -0.25) is 10.2 Å². The molecular weight excluding hydrogens is 161 g/mol. The van der Waals surface area contributed by atoms with Gasteiger partial charge in [0.15, 0.2) is 0 Å². The average Bonchev–Trinajstić information content (AvgIpc) is 2.10. The number of alkyl halides is 3. The van der Waals surface area contributed by atoms with E-state index in [-0.39, 0.29) is 6.54 Å². The van der Waals surface area contributed by atoms with Gasteiger partial charge in [0, 0.05) is 13.6 Å². The Morgan fingerprint density at radius 2 is 2.27 bits per heavy atom. The second-order valence-corrected chi connectivity index (χ2v) is 2.22. The summed E-state index contributed by atoms with van der Waals surface area (Å²) in [7, 11) is 1.61. The molecule has 0 aromatic carbocycles. The summed E-state index contributed by atoms with van der Waals surface area (Å²) in [6, 6.07) is 0. The molecule has 0 amide bonds. The predicted molar refractivity (Wildman–Crippen MR) is 31.0 cm³/mol. The molecule has 1 radical (unpaired) electrons. The molecule has 1 atom stereocenters. The van der Waals surface area contributed by atoms with Crippen LogP contribution < -0.4 is 5.43 Å². The van der Waals surface area contributed by atoms with E-state index in [1.807, 2.05) is 0 Å². The van der Waals surface area contributed by atoms with Gasteiger partial charge in [0.1, 0.15) is 0 Å². The first-order valence-corrected chi connectivity index (χ1v) is 3.03. The second kappa shape index (κ2) is 2.96. The summed E-state index contributed by atoms with van der Waals surface area (Å²) in [6.45, 7) is 1.49. The number of ether oxygens (including phenoxy) is 1. The van der Waals surface area contributed by atoms with Crippen LogP contribution in [-0.4, -0.2) is 31.1 Å². The number of halogens is 3. The van der Waals surface area contributed by atoms with Crippen molar-refractivity contribution in [1.82, 2.24) is 10.4 Å². The monoisotopic (exact) mass is 169 g/mol. The van der Waals surface area contributed by atoms with Gasteiger partial charge in [0.25, 0.3) is 0 Å². The number of hydrogen-bond donors (Lipinski definition) is 1. The van der Waals surface area contributed by atoms with Gasteiger partial charge in [0.2, 0.25) is 0 Å². The van der Waals surface area contributed by atoms with E-state index >= 15 is 0 Å². The van der Waals surface area contributed by atoms with E-state index in [2.05, 4.69) is 10.2 Å². The molecule has 0 bridgehead atoms. The summed E-state index contributed by atoms with van der Waals surface area (Å²) in [6.07, 6.45) is -5.45. The minimum Gasteiger partial charge on any atom is -0.285 e. The van der Waals surface area contributed by atoms with Crippen LogP contribution in [0.2, 0.25) is 0 Å². The Kier molecular flexibility index (Phi) is 2.36. The maximum absolute atomic E-state index is 11.5. The number of rotatable bonds is 1. The summed E-state index contributed by atoms with van der Waals surface area (Å²) in [5, 5.41) is 1.44. The Balaban J connectivity index is 2.29. The third-order valence-electron chi connectivity index (χ3n) is 1.22. The lowest BCUT2D eigenvalue weighted by atomic mass is 10.4. The van der Waals surface area contributed by atoms with E-state index in [0.717, 1.165) is 0 Å². The molecule has 1 N–H and O–H groups in total. The first-order chi connectivity index (χ1) is 4.97. The lowest BCUT2D eigenvalue weighted by Gasteiger charge is -2.11. The summed E-state index contributed by atoms with van der Waals surface area (Å²) >= 11 is 0. The van der Waals surface area contributed by atoms with Crippen LogP contribution in [0.5, 0.6) is 0 Å². The maximum Gasteiger partial charge on any atom is 0.522 e. The molecule has 1 heterocycles. The Morgan fingerprint density at radius 1 is 1.64 bits per heavy atom. The van der Waals surface area contributed by atoms with Crippen LogP contribution in [0.1, 0.15) is 0 Å². The zero-order valence-electron chi connectivity index (χ0n) is 5.85. The van der Waals surface area contributed by atoms with Crippen LogP contribution in [0, 0.1) is 6.54 Å². The van der Waals surface area contributed by atoms with Crippen molar-refractivity contribution in [3.8, 4) is 0 Å². The zero-order valence-corrected chi connectivity index (χ0v) is 5.85. The number of nitrogens with one attached hydrogen (secondary N) is 1. The van der Waals surface area contributed by atoms with Crippen molar-refractivity contribution in [2.45, 2.75) is 12.5 Å². The molecule has 0 aromatic heterocycles. The number of hydrazine groups is 1. The smallest absolute Gasteiger partial charge is 0.285 e. The quantitative estimate of drug-likeness (QED) is 0.618. The van der Waals surface area contributed by atoms with Crippen LogP contribution in [-0.2, 0) is 4.74 Å². The Bertz CT molecular complexity index is 138. The van der Waals surface area contributed by atoms with Crippen molar-refractivity contribution in [2.24, 2.45) is 0 Å². The van der Waals surface area contributed by atoms with E-state index in [1.165, 1.54) is 11.6 Å². The van der Waals surface area contributed by atoms with Gasteiger partial charge in [-0.2, -0.15) is 0 Å². The number of hydrogen-bond acceptors (Lipinski definition) is 3. The van der Waals surface area contributed by atoms with Gasteiger partial charge >= 0.3 is 6.36 Å². The van der Waals surface area contributed by atoms with Crippen molar-refractivity contribution in [3.63, 3.8) is 0 Å². The lowest BCUT2D eigenvalue weighted by molar-refractivity contribution is -0.336. The molecule has 1 unspecified atom stereocenters. The maximum atomic E-state index is 11.5. The summed E-state index contributed by atoms with van der Waals surface area (Å²) in [5.41, 5.74) is 2.64. The molecule has 11 heavy (non-hydrogen) atoms. The van der Waals surface area contributed by atoms with Crippen molar-refractivity contribution in [1.29, 1.82) is 0 Å². The van der Waals surface area contributed by atoms with E-state index < -0.39 is 12.5 Å². The van der Waals surface area contributed by atoms with Gasteiger partial charge in [-0.05, 0) is 0 Å². The molecule has 1 saturated heterocycles. The van der Waals surface area contributed by atoms with Crippen LogP contribution in [0.15, 0.2) is 0 Å². The standard InChI is InChI=1S/C5H8F3N2O/c1-10-3-4(2-9-10)11-5(6,7)8/h3-4,9H,2H2,1H3. The molecule has 0 aromatic rings. The second-order valence-electron chi connectivity index (χ2n) is 2.22. The van der Waals surface area contributed by atoms with Gasteiger partial charge in [-0.25, -0.2) is 5.01 Å². The van der Waals surface area contributed by atoms with Crippen LogP contribution in [0.4, 0.5) is 13.2 Å². The summed E-state index contributed by atoms with van der Waals surface area (Å²) in [5.74, 6) is 0. The Hall–Kier alpha value is -0.330. The van der Waals surface area contributed by atoms with E-state index in [0.29, 0.717) is 0 Å². The molecule has 0 saturated carbocycles. The fraction of sp³-hybridized carbons (Fsp3) is 0.800. The topological polar surface area (TPSA) is 24.5 Å². The van der Waals surface area contributed by atoms with Gasteiger partial charge in [0.05, 0.1) is 12.6 Å². The van der Waals surface area contributed by atoms with Crippen LogP contribution in [0.25, 0.3) is 0 Å². The molecule has 3 nitrogen and oxygen atoms in total. The Labute approximate surface area is 62.1 Å². The predicted octanol–water partition coefficient (Wildman–Crippen LogP) is 0.503. The zero-order chi connectivity index (χ0) is 8.48. The molecule has 1 rings (SSSR count). The minimum atomic E-state index is -4.55. The fourth-order valence-corrected chi connectivity index (χ4v) is 0.833. The van der Waals surface area contributed by atoms with Crippen LogP contribution in [0.3, 0.4) is 0 Å². The molecule has 6 heteroatoms. The lowest BCUT2D eigenvalue weighted by Crippen LogP contribution is -2.26. The fourth-order valence-electron chi connectivity index (χ4n) is 0.833. The number of nitrogens with zero attached hydrogens (tertiary/aromatic N) is 1. The van der Waals surface area contributed by atoms with E-state index in [4.69, 9.17) is 0 Å². The Morgan fingerprint density at radius 3 is 2.64 bits per heavy atom. The molecule has 0 aliphatic carbocycles. The number of likely N-dealkylation sites (N-methyl/N-ethyl adjacent to an activating group) is 1. The van der Waals surface area contributed by atoms with Crippen molar-refractivity contribution < 1.29 is 17.9 Å². The molecule has 1 aliphatic heterocycles. The molecule has 65 valence electrons. The average molecular weight is 169 g/mol.